The van der Waals surface area contributed by atoms with Gasteiger partial charge in [0.15, 0.2) is 9.84 Å². The Hall–Kier alpha value is -1.96. The van der Waals surface area contributed by atoms with Crippen molar-refractivity contribution in [1.82, 2.24) is 9.88 Å². The number of halogens is 2. The van der Waals surface area contributed by atoms with E-state index in [-0.39, 0.29) is 29.8 Å². The Morgan fingerprint density at radius 2 is 1.48 bits per heavy atom. The van der Waals surface area contributed by atoms with E-state index in [1.807, 2.05) is 48.5 Å². The van der Waals surface area contributed by atoms with Gasteiger partial charge in [-0.2, -0.15) is 0 Å². The summed E-state index contributed by atoms with van der Waals surface area (Å²) >= 11 is 12.1. The van der Waals surface area contributed by atoms with Crippen LogP contribution in [0.15, 0.2) is 78.0 Å². The van der Waals surface area contributed by atoms with E-state index in [4.69, 9.17) is 23.2 Å². The second-order valence-corrected chi connectivity index (χ2v) is 10.8. The summed E-state index contributed by atoms with van der Waals surface area (Å²) in [6.07, 6.45) is 3.57. The molecule has 0 spiro atoms. The van der Waals surface area contributed by atoms with Crippen molar-refractivity contribution in [2.75, 3.05) is 18.8 Å². The van der Waals surface area contributed by atoms with Crippen LogP contribution in [0, 0.1) is 0 Å². The topological polar surface area (TPSA) is 70.5 Å². The average Bonchev–Trinajstić information content (AvgIpc) is 2.73. The molecule has 0 aliphatic carbocycles. The van der Waals surface area contributed by atoms with Gasteiger partial charge in [-0.3, -0.25) is 9.88 Å². The van der Waals surface area contributed by atoms with Gasteiger partial charge in [-0.15, -0.1) is 0 Å². The summed E-state index contributed by atoms with van der Waals surface area (Å²) in [5.74, 6) is -0.325. The maximum Gasteiger partial charge on any atom is 0.181 e. The van der Waals surface area contributed by atoms with E-state index in [1.165, 1.54) is 24.5 Å². The molecule has 0 amide bonds. The number of hydrogen-bond donors (Lipinski definition) is 1. The van der Waals surface area contributed by atoms with E-state index in [9.17, 15) is 13.5 Å². The van der Waals surface area contributed by atoms with Gasteiger partial charge in [0, 0.05) is 41.6 Å². The number of likely N-dealkylation sites (tertiary alicyclic amines) is 1. The van der Waals surface area contributed by atoms with Crippen LogP contribution in [0.4, 0.5) is 0 Å². The standard InChI is InChI=1S/C23H22Cl2N2O3S/c24-19-5-1-17(2-6-19)13-22(18-3-7-20(25)8-4-18)27-14-23(28,15-27)16-31(29,30)21-9-11-26-12-10-21/h1-12,22,28H,13-16H2. The first-order chi connectivity index (χ1) is 14.7. The third kappa shape index (κ3) is 5.27. The van der Waals surface area contributed by atoms with E-state index in [1.54, 1.807) is 0 Å². The van der Waals surface area contributed by atoms with Crippen molar-refractivity contribution in [2.45, 2.75) is 23.0 Å². The number of rotatable bonds is 7. The molecule has 31 heavy (non-hydrogen) atoms. The monoisotopic (exact) mass is 476 g/mol. The van der Waals surface area contributed by atoms with Crippen molar-refractivity contribution in [2.24, 2.45) is 0 Å². The van der Waals surface area contributed by atoms with Crippen molar-refractivity contribution in [1.29, 1.82) is 0 Å². The molecule has 1 aliphatic rings. The van der Waals surface area contributed by atoms with Crippen LogP contribution in [0.2, 0.25) is 10.0 Å². The minimum absolute atomic E-state index is 0.0256. The van der Waals surface area contributed by atoms with E-state index >= 15 is 0 Å². The molecule has 2 aromatic carbocycles. The zero-order valence-electron chi connectivity index (χ0n) is 16.7. The first kappa shape index (κ1) is 22.2. The summed E-state index contributed by atoms with van der Waals surface area (Å²) in [5, 5.41) is 12.3. The Kier molecular flexibility index (Phi) is 6.37. The lowest BCUT2D eigenvalue weighted by Gasteiger charge is -2.50. The molecule has 1 fully saturated rings. The number of sulfone groups is 1. The largest absolute Gasteiger partial charge is 0.386 e. The van der Waals surface area contributed by atoms with Gasteiger partial charge >= 0.3 is 0 Å². The molecule has 1 saturated heterocycles. The van der Waals surface area contributed by atoms with E-state index < -0.39 is 15.4 Å². The summed E-state index contributed by atoms with van der Waals surface area (Å²) in [6.45, 7) is 0.524. The molecular weight excluding hydrogens is 455 g/mol. The van der Waals surface area contributed by atoms with Gasteiger partial charge in [0.05, 0.1) is 10.6 Å². The Morgan fingerprint density at radius 3 is 2.06 bits per heavy atom. The molecule has 4 rings (SSSR count). The van der Waals surface area contributed by atoms with Crippen LogP contribution < -0.4 is 0 Å². The molecule has 1 aromatic heterocycles. The van der Waals surface area contributed by atoms with Crippen LogP contribution in [-0.4, -0.2) is 47.9 Å². The van der Waals surface area contributed by atoms with Crippen LogP contribution in [0.3, 0.4) is 0 Å². The highest BCUT2D eigenvalue weighted by atomic mass is 35.5. The van der Waals surface area contributed by atoms with Gasteiger partial charge < -0.3 is 5.11 Å². The lowest BCUT2D eigenvalue weighted by molar-refractivity contribution is -0.100. The van der Waals surface area contributed by atoms with E-state index in [0.29, 0.717) is 16.5 Å². The second-order valence-electron chi connectivity index (χ2n) is 7.97. The van der Waals surface area contributed by atoms with Crippen LogP contribution in [0.1, 0.15) is 17.2 Å². The van der Waals surface area contributed by atoms with Gasteiger partial charge in [-0.1, -0.05) is 47.5 Å². The van der Waals surface area contributed by atoms with Crippen LogP contribution in [0.5, 0.6) is 0 Å². The fourth-order valence-electron chi connectivity index (χ4n) is 3.99. The lowest BCUT2D eigenvalue weighted by atomic mass is 9.89. The summed E-state index contributed by atoms with van der Waals surface area (Å²) in [5.41, 5.74) is 0.856. The Labute approximate surface area is 192 Å². The van der Waals surface area contributed by atoms with Crippen LogP contribution in [-0.2, 0) is 16.3 Å². The number of aromatic nitrogens is 1. The van der Waals surface area contributed by atoms with Gasteiger partial charge in [-0.05, 0) is 53.9 Å². The molecule has 1 atom stereocenters. The molecule has 0 saturated carbocycles. The number of pyridine rings is 1. The highest BCUT2D eigenvalue weighted by molar-refractivity contribution is 7.91. The summed E-state index contributed by atoms with van der Waals surface area (Å²) in [4.78, 5) is 6.13. The van der Waals surface area contributed by atoms with Gasteiger partial charge in [-0.25, -0.2) is 8.42 Å². The first-order valence-electron chi connectivity index (χ1n) is 9.83. The zero-order valence-corrected chi connectivity index (χ0v) is 19.0. The van der Waals surface area contributed by atoms with Gasteiger partial charge in [0.1, 0.15) is 5.60 Å². The highest BCUT2D eigenvalue weighted by Gasteiger charge is 2.47. The predicted octanol–water partition coefficient (Wildman–Crippen LogP) is 4.19. The summed E-state index contributed by atoms with van der Waals surface area (Å²) in [6, 6.07) is 18.1. The highest BCUT2D eigenvalue weighted by Crippen LogP contribution is 2.35. The molecule has 3 aromatic rings. The number of nitrogens with zero attached hydrogens (tertiary/aromatic N) is 2. The molecule has 1 unspecified atom stereocenters. The molecule has 0 radical (unpaired) electrons. The van der Waals surface area contributed by atoms with Gasteiger partial charge in [0.25, 0.3) is 0 Å². The van der Waals surface area contributed by atoms with Crippen molar-refractivity contribution < 1.29 is 13.5 Å². The van der Waals surface area contributed by atoms with Crippen molar-refractivity contribution in [3.05, 3.63) is 94.2 Å². The molecule has 8 heteroatoms. The smallest absolute Gasteiger partial charge is 0.181 e. The Balaban J connectivity index is 1.52. The number of β-amino-alcohol motifs (C(OH)–C–C–N with tert-alkyl or cyclic N) is 1. The van der Waals surface area contributed by atoms with Crippen molar-refractivity contribution >= 4 is 33.0 Å². The number of aliphatic hydroxyl groups is 1. The fourth-order valence-corrected chi connectivity index (χ4v) is 5.84. The average molecular weight is 477 g/mol. The molecule has 5 nitrogen and oxygen atoms in total. The fraction of sp³-hybridized carbons (Fsp3) is 0.261. The summed E-state index contributed by atoms with van der Waals surface area (Å²) < 4.78 is 25.4. The predicted molar refractivity (Wildman–Crippen MR) is 122 cm³/mol. The van der Waals surface area contributed by atoms with Crippen LogP contribution >= 0.6 is 23.2 Å². The van der Waals surface area contributed by atoms with E-state index in [2.05, 4.69) is 9.88 Å². The normalized spacial score (nSPS) is 17.1. The minimum Gasteiger partial charge on any atom is -0.386 e. The molecule has 1 aliphatic heterocycles. The van der Waals surface area contributed by atoms with Gasteiger partial charge in [0.2, 0.25) is 0 Å². The van der Waals surface area contributed by atoms with Crippen molar-refractivity contribution in [3.8, 4) is 0 Å². The maximum atomic E-state index is 12.7. The van der Waals surface area contributed by atoms with Crippen LogP contribution in [0.25, 0.3) is 0 Å². The summed E-state index contributed by atoms with van der Waals surface area (Å²) in [7, 11) is -3.61. The number of benzene rings is 2. The maximum absolute atomic E-state index is 12.7. The van der Waals surface area contributed by atoms with E-state index in [0.717, 1.165) is 11.1 Å². The zero-order chi connectivity index (χ0) is 22.1. The first-order valence-corrected chi connectivity index (χ1v) is 12.2. The second kappa shape index (κ2) is 8.88. The molecule has 0 bridgehead atoms. The molecule has 2 heterocycles. The number of hydrogen-bond acceptors (Lipinski definition) is 5. The molecule has 162 valence electrons. The Morgan fingerprint density at radius 1 is 0.935 bits per heavy atom. The molecular formula is C23H22Cl2N2O3S. The third-order valence-corrected chi connectivity index (χ3v) is 7.91. The molecule has 1 N–H and O–H groups in total. The Bertz CT molecular complexity index is 1130. The van der Waals surface area contributed by atoms with Crippen molar-refractivity contribution in [3.63, 3.8) is 0 Å². The minimum atomic E-state index is -3.61. The lowest BCUT2D eigenvalue weighted by Crippen LogP contribution is -2.65. The SMILES string of the molecule is O=S(=O)(CC1(O)CN(C(Cc2ccc(Cl)cc2)c2ccc(Cl)cc2)C1)c1ccncc1. The quantitative estimate of drug-likeness (QED) is 0.553. The third-order valence-electron chi connectivity index (χ3n) is 5.50.